The summed E-state index contributed by atoms with van der Waals surface area (Å²) >= 11 is 0. The molecule has 2 saturated carbocycles. The molecule has 0 radical (unpaired) electrons. The van der Waals surface area contributed by atoms with E-state index in [9.17, 15) is 4.79 Å². The van der Waals surface area contributed by atoms with Crippen LogP contribution in [0.3, 0.4) is 0 Å². The van der Waals surface area contributed by atoms with Crippen LogP contribution in [0.1, 0.15) is 31.2 Å². The van der Waals surface area contributed by atoms with Gasteiger partial charge in [-0.15, -0.1) is 0 Å². The first kappa shape index (κ1) is 12.8. The summed E-state index contributed by atoms with van der Waals surface area (Å²) in [6.07, 6.45) is 3.94. The third kappa shape index (κ3) is 3.04. The molecule has 3 heteroatoms. The summed E-state index contributed by atoms with van der Waals surface area (Å²) in [5.74, 6) is 1.29. The van der Waals surface area contributed by atoms with Gasteiger partial charge in [0.2, 0.25) is 0 Å². The van der Waals surface area contributed by atoms with Crippen LogP contribution in [0.4, 0.5) is 0 Å². The fourth-order valence-corrected chi connectivity index (χ4v) is 3.38. The Morgan fingerprint density at radius 3 is 2.42 bits per heavy atom. The number of carbonyl (C=O) groups excluding carboxylic acids is 1. The lowest BCUT2D eigenvalue weighted by Crippen LogP contribution is -2.33. The Morgan fingerprint density at radius 2 is 1.74 bits per heavy atom. The lowest BCUT2D eigenvalue weighted by atomic mass is 9.85. The number of fused-ring (bicyclic) bond motifs is 2. The maximum atomic E-state index is 11.5. The summed E-state index contributed by atoms with van der Waals surface area (Å²) in [4.78, 5) is 11.5. The summed E-state index contributed by atoms with van der Waals surface area (Å²) in [7, 11) is 0. The van der Waals surface area contributed by atoms with Crippen molar-refractivity contribution in [3.05, 3.63) is 35.9 Å². The van der Waals surface area contributed by atoms with E-state index in [2.05, 4.69) is 0 Å². The van der Waals surface area contributed by atoms with Crippen LogP contribution < -0.4 is 0 Å². The molecule has 0 heterocycles. The summed E-state index contributed by atoms with van der Waals surface area (Å²) in [6.45, 7) is 0.919. The van der Waals surface area contributed by atoms with Crippen molar-refractivity contribution < 1.29 is 14.3 Å². The zero-order chi connectivity index (χ0) is 13.1. The van der Waals surface area contributed by atoms with Crippen molar-refractivity contribution in [2.24, 2.45) is 11.8 Å². The molecule has 3 rings (SSSR count). The van der Waals surface area contributed by atoms with Crippen LogP contribution in [0, 0.1) is 11.8 Å². The number of hydrogen-bond acceptors (Lipinski definition) is 3. The van der Waals surface area contributed by atoms with Crippen molar-refractivity contribution >= 4 is 5.78 Å². The van der Waals surface area contributed by atoms with Gasteiger partial charge in [-0.2, -0.15) is 0 Å². The lowest BCUT2D eigenvalue weighted by Gasteiger charge is -2.29. The molecular formula is C16H20O3. The van der Waals surface area contributed by atoms with E-state index in [1.54, 1.807) is 0 Å². The van der Waals surface area contributed by atoms with Crippen LogP contribution >= 0.6 is 0 Å². The third-order valence-electron chi connectivity index (χ3n) is 4.27. The molecule has 1 unspecified atom stereocenters. The molecule has 1 aromatic carbocycles. The topological polar surface area (TPSA) is 35.5 Å². The van der Waals surface area contributed by atoms with Crippen LogP contribution in [0.5, 0.6) is 0 Å². The molecule has 3 atom stereocenters. The predicted molar refractivity (Wildman–Crippen MR) is 71.4 cm³/mol. The number of carbonyl (C=O) groups is 1. The quantitative estimate of drug-likeness (QED) is 0.603. The Balaban J connectivity index is 1.42. The average Bonchev–Trinajstić information content (AvgIpc) is 2.67. The number of benzene rings is 1. The SMILES string of the molecule is O=C1C[C@H]2CC[C@@H](C1)C2OCOCc1ccccc1. The number of ketones is 1. The van der Waals surface area contributed by atoms with Gasteiger partial charge in [0.15, 0.2) is 0 Å². The average molecular weight is 260 g/mol. The number of rotatable bonds is 5. The van der Waals surface area contributed by atoms with Gasteiger partial charge in [0.1, 0.15) is 12.6 Å². The highest BCUT2D eigenvalue weighted by Crippen LogP contribution is 2.42. The summed E-state index contributed by atoms with van der Waals surface area (Å²) in [5.41, 5.74) is 1.16. The van der Waals surface area contributed by atoms with E-state index >= 15 is 0 Å². The highest BCUT2D eigenvalue weighted by atomic mass is 16.7. The fraction of sp³-hybridized carbons (Fsp3) is 0.562. The number of ether oxygens (including phenoxy) is 2. The van der Waals surface area contributed by atoms with E-state index in [4.69, 9.17) is 9.47 Å². The van der Waals surface area contributed by atoms with Crippen LogP contribution in [0.2, 0.25) is 0 Å². The van der Waals surface area contributed by atoms with Crippen molar-refractivity contribution in [3.8, 4) is 0 Å². The van der Waals surface area contributed by atoms with Gasteiger partial charge in [-0.25, -0.2) is 0 Å². The first-order valence-corrected chi connectivity index (χ1v) is 7.08. The molecule has 0 saturated heterocycles. The Kier molecular flexibility index (Phi) is 3.95. The fourth-order valence-electron chi connectivity index (χ4n) is 3.38. The van der Waals surface area contributed by atoms with Crippen molar-refractivity contribution in [1.29, 1.82) is 0 Å². The molecule has 2 aliphatic rings. The monoisotopic (exact) mass is 260 g/mol. The molecule has 2 fully saturated rings. The second kappa shape index (κ2) is 5.85. The van der Waals surface area contributed by atoms with Gasteiger partial charge in [-0.1, -0.05) is 30.3 Å². The van der Waals surface area contributed by atoms with Gasteiger partial charge in [0, 0.05) is 12.8 Å². The lowest BCUT2D eigenvalue weighted by molar-refractivity contribution is -0.142. The van der Waals surface area contributed by atoms with E-state index < -0.39 is 0 Å². The zero-order valence-electron chi connectivity index (χ0n) is 11.1. The molecule has 1 aromatic rings. The minimum absolute atomic E-state index is 0.244. The summed E-state index contributed by atoms with van der Waals surface area (Å²) in [6, 6.07) is 10.1. The highest BCUT2D eigenvalue weighted by molar-refractivity contribution is 5.80. The van der Waals surface area contributed by atoms with Gasteiger partial charge in [-0.05, 0) is 30.2 Å². The van der Waals surface area contributed by atoms with Crippen LogP contribution in [-0.4, -0.2) is 18.7 Å². The molecule has 2 aliphatic carbocycles. The largest absolute Gasteiger partial charge is 0.352 e. The second-order valence-corrected chi connectivity index (χ2v) is 5.63. The van der Waals surface area contributed by atoms with E-state index in [1.165, 1.54) is 0 Å². The predicted octanol–water partition coefficient (Wildman–Crippen LogP) is 2.94. The highest BCUT2D eigenvalue weighted by Gasteiger charge is 2.42. The van der Waals surface area contributed by atoms with Gasteiger partial charge >= 0.3 is 0 Å². The standard InChI is InChI=1S/C16H20O3/c17-15-8-13-6-7-14(9-15)16(13)19-11-18-10-12-4-2-1-3-5-12/h1-5,13-14,16H,6-11H2/t13-,14+,16?. The number of Topliss-reactive ketones (excluding diaryl/α,β-unsaturated/α-hetero) is 1. The van der Waals surface area contributed by atoms with Crippen LogP contribution in [-0.2, 0) is 20.9 Å². The zero-order valence-corrected chi connectivity index (χ0v) is 11.1. The molecule has 0 amide bonds. The molecule has 19 heavy (non-hydrogen) atoms. The molecule has 102 valence electrons. The second-order valence-electron chi connectivity index (χ2n) is 5.63. The maximum absolute atomic E-state index is 11.5. The van der Waals surface area contributed by atoms with Gasteiger partial charge in [0.05, 0.1) is 12.7 Å². The Morgan fingerprint density at radius 1 is 1.05 bits per heavy atom. The minimum Gasteiger partial charge on any atom is -0.352 e. The molecule has 0 N–H and O–H groups in total. The number of hydrogen-bond donors (Lipinski definition) is 0. The minimum atomic E-state index is 0.244. The van der Waals surface area contributed by atoms with E-state index in [0.717, 1.165) is 18.4 Å². The first-order chi connectivity index (χ1) is 9.33. The smallest absolute Gasteiger partial charge is 0.147 e. The van der Waals surface area contributed by atoms with Crippen molar-refractivity contribution in [2.75, 3.05) is 6.79 Å². The Labute approximate surface area is 113 Å². The van der Waals surface area contributed by atoms with Crippen LogP contribution in [0.15, 0.2) is 30.3 Å². The summed E-state index contributed by atoms with van der Waals surface area (Å²) in [5, 5.41) is 0. The van der Waals surface area contributed by atoms with Crippen molar-refractivity contribution in [3.63, 3.8) is 0 Å². The van der Waals surface area contributed by atoms with Crippen molar-refractivity contribution in [1.82, 2.24) is 0 Å². The third-order valence-corrected chi connectivity index (χ3v) is 4.27. The molecule has 0 spiro atoms. The molecule has 0 aliphatic heterocycles. The summed E-state index contributed by atoms with van der Waals surface area (Å²) < 4.78 is 11.4. The molecule has 0 aromatic heterocycles. The normalized spacial score (nSPS) is 29.7. The maximum Gasteiger partial charge on any atom is 0.147 e. The molecule has 2 bridgehead atoms. The Hall–Kier alpha value is -1.19. The van der Waals surface area contributed by atoms with Gasteiger partial charge < -0.3 is 9.47 Å². The van der Waals surface area contributed by atoms with E-state index in [0.29, 0.717) is 43.9 Å². The van der Waals surface area contributed by atoms with Crippen molar-refractivity contribution in [2.45, 2.75) is 38.4 Å². The van der Waals surface area contributed by atoms with E-state index in [-0.39, 0.29) is 6.10 Å². The Bertz CT molecular complexity index is 413. The molecule has 3 nitrogen and oxygen atoms in total. The van der Waals surface area contributed by atoms with Gasteiger partial charge in [0.25, 0.3) is 0 Å². The van der Waals surface area contributed by atoms with Crippen LogP contribution in [0.25, 0.3) is 0 Å². The van der Waals surface area contributed by atoms with E-state index in [1.807, 2.05) is 30.3 Å². The van der Waals surface area contributed by atoms with Gasteiger partial charge in [-0.3, -0.25) is 4.79 Å². The molecular weight excluding hydrogens is 240 g/mol. The first-order valence-electron chi connectivity index (χ1n) is 7.08.